The summed E-state index contributed by atoms with van der Waals surface area (Å²) in [6.45, 7) is 4.87. The summed E-state index contributed by atoms with van der Waals surface area (Å²) in [5.74, 6) is -0.202. The van der Waals surface area contributed by atoms with Crippen LogP contribution in [0, 0.1) is 13.8 Å². The number of aryl methyl sites for hydroxylation is 2. The molecule has 16 heavy (non-hydrogen) atoms. The highest BCUT2D eigenvalue weighted by molar-refractivity contribution is 5.71. The van der Waals surface area contributed by atoms with Crippen LogP contribution in [0.1, 0.15) is 16.7 Å². The molecule has 3 heteroatoms. The predicted octanol–water partition coefficient (Wildman–Crippen LogP) is 1.61. The number of likely N-dealkylation sites (N-methyl/N-ethyl adjacent to an activating group) is 1. The van der Waals surface area contributed by atoms with Crippen LogP contribution in [0.4, 0.5) is 0 Å². The molecular formula is C13H19NO2. The highest BCUT2D eigenvalue weighted by atomic mass is 16.5. The summed E-state index contributed by atoms with van der Waals surface area (Å²) in [4.78, 5) is 11.1. The number of carbonyl (C=O) groups excluding carboxylic acids is 1. The molecule has 0 saturated heterocycles. The van der Waals surface area contributed by atoms with Gasteiger partial charge >= 0.3 is 5.97 Å². The largest absolute Gasteiger partial charge is 0.464 e. The van der Waals surface area contributed by atoms with Gasteiger partial charge in [-0.3, -0.25) is 4.79 Å². The normalized spacial score (nSPS) is 10.2. The first-order valence-corrected chi connectivity index (χ1v) is 5.50. The summed E-state index contributed by atoms with van der Waals surface area (Å²) < 4.78 is 5.07. The smallest absolute Gasteiger partial charge is 0.319 e. The molecule has 88 valence electrons. The Balaban J connectivity index is 2.40. The van der Waals surface area contributed by atoms with Gasteiger partial charge in [0.25, 0.3) is 0 Å². The molecule has 0 aliphatic heterocycles. The number of hydrogen-bond acceptors (Lipinski definition) is 3. The fourth-order valence-electron chi connectivity index (χ4n) is 1.60. The Labute approximate surface area is 96.8 Å². The predicted molar refractivity (Wildman–Crippen MR) is 64.5 cm³/mol. The molecule has 1 rings (SSSR count). The number of rotatable bonds is 5. The van der Waals surface area contributed by atoms with Crippen molar-refractivity contribution in [1.29, 1.82) is 0 Å². The van der Waals surface area contributed by atoms with Crippen molar-refractivity contribution in [2.45, 2.75) is 20.3 Å². The van der Waals surface area contributed by atoms with Crippen molar-refractivity contribution >= 4 is 5.97 Å². The van der Waals surface area contributed by atoms with E-state index in [-0.39, 0.29) is 12.5 Å². The van der Waals surface area contributed by atoms with E-state index in [2.05, 4.69) is 37.4 Å². The third kappa shape index (κ3) is 4.03. The van der Waals surface area contributed by atoms with Crippen LogP contribution in [-0.4, -0.2) is 26.2 Å². The van der Waals surface area contributed by atoms with Gasteiger partial charge in [-0.25, -0.2) is 0 Å². The quantitative estimate of drug-likeness (QED) is 0.768. The lowest BCUT2D eigenvalue weighted by molar-refractivity contribution is -0.142. The van der Waals surface area contributed by atoms with Gasteiger partial charge in [-0.1, -0.05) is 23.8 Å². The molecule has 0 radical (unpaired) electrons. The van der Waals surface area contributed by atoms with Gasteiger partial charge in [0.05, 0.1) is 13.2 Å². The Bertz CT molecular complexity index is 361. The fraction of sp³-hybridized carbons (Fsp3) is 0.462. The first-order valence-electron chi connectivity index (χ1n) is 5.50. The summed E-state index contributed by atoms with van der Waals surface area (Å²) in [6.07, 6.45) is 0.779. The Kier molecular flexibility index (Phi) is 4.99. The number of ether oxygens (including phenoxy) is 1. The second kappa shape index (κ2) is 6.28. The zero-order valence-corrected chi connectivity index (χ0v) is 10.2. The van der Waals surface area contributed by atoms with E-state index in [0.29, 0.717) is 6.61 Å². The van der Waals surface area contributed by atoms with Crippen LogP contribution in [0.5, 0.6) is 0 Å². The zero-order chi connectivity index (χ0) is 12.0. The SMILES string of the molecule is CNCC(=O)OCCc1ccc(C)cc1C. The highest BCUT2D eigenvalue weighted by Crippen LogP contribution is 2.11. The molecule has 1 aromatic rings. The summed E-state index contributed by atoms with van der Waals surface area (Å²) >= 11 is 0. The number of esters is 1. The van der Waals surface area contributed by atoms with E-state index in [1.165, 1.54) is 16.7 Å². The number of hydrogen-bond donors (Lipinski definition) is 1. The Hall–Kier alpha value is -1.35. The van der Waals surface area contributed by atoms with E-state index in [0.717, 1.165) is 6.42 Å². The minimum atomic E-state index is -0.202. The van der Waals surface area contributed by atoms with Crippen molar-refractivity contribution in [2.75, 3.05) is 20.2 Å². The van der Waals surface area contributed by atoms with Crippen LogP contribution >= 0.6 is 0 Å². The van der Waals surface area contributed by atoms with E-state index in [9.17, 15) is 4.79 Å². The lowest BCUT2D eigenvalue weighted by Crippen LogP contribution is -2.21. The molecule has 0 atom stereocenters. The van der Waals surface area contributed by atoms with Crippen molar-refractivity contribution < 1.29 is 9.53 Å². The molecule has 0 bridgehead atoms. The Morgan fingerprint density at radius 3 is 2.75 bits per heavy atom. The second-order valence-corrected chi connectivity index (χ2v) is 3.93. The molecule has 0 saturated carbocycles. The van der Waals surface area contributed by atoms with Gasteiger partial charge in [0.2, 0.25) is 0 Å². The van der Waals surface area contributed by atoms with Gasteiger partial charge < -0.3 is 10.1 Å². The van der Waals surface area contributed by atoms with Crippen LogP contribution in [0.2, 0.25) is 0 Å². The molecule has 0 heterocycles. The van der Waals surface area contributed by atoms with Crippen molar-refractivity contribution in [3.63, 3.8) is 0 Å². The second-order valence-electron chi connectivity index (χ2n) is 3.93. The van der Waals surface area contributed by atoms with Gasteiger partial charge in [-0.05, 0) is 32.0 Å². The maximum absolute atomic E-state index is 11.1. The van der Waals surface area contributed by atoms with Crippen LogP contribution in [0.15, 0.2) is 18.2 Å². The molecule has 0 amide bonds. The Morgan fingerprint density at radius 1 is 1.38 bits per heavy atom. The van der Waals surface area contributed by atoms with E-state index < -0.39 is 0 Å². The fourth-order valence-corrected chi connectivity index (χ4v) is 1.60. The van der Waals surface area contributed by atoms with Crippen LogP contribution in [0.25, 0.3) is 0 Å². The molecule has 0 aromatic heterocycles. The third-order valence-electron chi connectivity index (χ3n) is 2.45. The van der Waals surface area contributed by atoms with Crippen molar-refractivity contribution in [1.82, 2.24) is 5.32 Å². The molecule has 1 N–H and O–H groups in total. The molecule has 0 aliphatic rings. The van der Waals surface area contributed by atoms with Crippen molar-refractivity contribution in [3.8, 4) is 0 Å². The van der Waals surface area contributed by atoms with Gasteiger partial charge in [0.15, 0.2) is 0 Å². The molecule has 0 aliphatic carbocycles. The molecule has 0 unspecified atom stereocenters. The molecule has 3 nitrogen and oxygen atoms in total. The lowest BCUT2D eigenvalue weighted by Gasteiger charge is -2.07. The van der Waals surface area contributed by atoms with Gasteiger partial charge in [-0.15, -0.1) is 0 Å². The van der Waals surface area contributed by atoms with Crippen LogP contribution in [-0.2, 0) is 16.0 Å². The topological polar surface area (TPSA) is 38.3 Å². The average molecular weight is 221 g/mol. The summed E-state index contributed by atoms with van der Waals surface area (Å²) in [5, 5.41) is 2.76. The number of benzene rings is 1. The van der Waals surface area contributed by atoms with E-state index in [1.807, 2.05) is 0 Å². The minimum absolute atomic E-state index is 0.202. The first-order chi connectivity index (χ1) is 7.63. The third-order valence-corrected chi connectivity index (χ3v) is 2.45. The van der Waals surface area contributed by atoms with Crippen molar-refractivity contribution in [2.24, 2.45) is 0 Å². The molecule has 0 fully saturated rings. The minimum Gasteiger partial charge on any atom is -0.464 e. The summed E-state index contributed by atoms with van der Waals surface area (Å²) in [5.41, 5.74) is 3.75. The standard InChI is InChI=1S/C13H19NO2/c1-10-4-5-12(11(2)8-10)6-7-16-13(15)9-14-3/h4-5,8,14H,6-7,9H2,1-3H3. The van der Waals surface area contributed by atoms with Crippen LogP contribution < -0.4 is 5.32 Å². The molecule has 0 spiro atoms. The lowest BCUT2D eigenvalue weighted by atomic mass is 10.0. The highest BCUT2D eigenvalue weighted by Gasteiger charge is 2.02. The van der Waals surface area contributed by atoms with Crippen LogP contribution in [0.3, 0.4) is 0 Å². The maximum Gasteiger partial charge on any atom is 0.319 e. The van der Waals surface area contributed by atoms with E-state index in [1.54, 1.807) is 7.05 Å². The number of nitrogens with one attached hydrogen (secondary N) is 1. The van der Waals surface area contributed by atoms with Gasteiger partial charge in [0, 0.05) is 6.42 Å². The van der Waals surface area contributed by atoms with E-state index in [4.69, 9.17) is 4.74 Å². The summed E-state index contributed by atoms with van der Waals surface area (Å²) in [7, 11) is 1.73. The zero-order valence-electron chi connectivity index (χ0n) is 10.2. The van der Waals surface area contributed by atoms with E-state index >= 15 is 0 Å². The van der Waals surface area contributed by atoms with Crippen molar-refractivity contribution in [3.05, 3.63) is 34.9 Å². The number of carbonyl (C=O) groups is 1. The molecule has 1 aromatic carbocycles. The maximum atomic E-state index is 11.1. The molecular weight excluding hydrogens is 202 g/mol. The first kappa shape index (κ1) is 12.7. The van der Waals surface area contributed by atoms with Gasteiger partial charge in [0.1, 0.15) is 0 Å². The summed E-state index contributed by atoms with van der Waals surface area (Å²) in [6, 6.07) is 6.32. The monoisotopic (exact) mass is 221 g/mol. The Morgan fingerprint density at radius 2 is 2.12 bits per heavy atom. The van der Waals surface area contributed by atoms with Gasteiger partial charge in [-0.2, -0.15) is 0 Å². The average Bonchev–Trinajstić information content (AvgIpc) is 2.22.